The highest BCUT2D eigenvalue weighted by Crippen LogP contribution is 2.45. The summed E-state index contributed by atoms with van der Waals surface area (Å²) in [7, 11) is 0. The van der Waals surface area contributed by atoms with Gasteiger partial charge in [0.05, 0.1) is 5.69 Å². The zero-order valence-corrected chi connectivity index (χ0v) is 10.7. The van der Waals surface area contributed by atoms with Crippen LogP contribution in [-0.4, -0.2) is 6.04 Å². The Labute approximate surface area is 107 Å². The van der Waals surface area contributed by atoms with Crippen molar-refractivity contribution in [3.8, 4) is 0 Å². The van der Waals surface area contributed by atoms with Crippen molar-refractivity contribution in [2.45, 2.75) is 18.9 Å². The summed E-state index contributed by atoms with van der Waals surface area (Å²) in [5, 5.41) is 3.17. The summed E-state index contributed by atoms with van der Waals surface area (Å²) in [5.41, 5.74) is 0.371. The van der Waals surface area contributed by atoms with Gasteiger partial charge in [0.2, 0.25) is 0 Å². The average molecular weight is 300 g/mol. The molecule has 2 aliphatic rings. The molecule has 3 unspecified atom stereocenters. The molecule has 4 heteroatoms. The molecule has 1 aromatic carbocycles. The van der Waals surface area contributed by atoms with Crippen LogP contribution < -0.4 is 5.32 Å². The third-order valence-electron chi connectivity index (χ3n) is 3.70. The van der Waals surface area contributed by atoms with Gasteiger partial charge in [-0.25, -0.2) is 8.78 Å². The molecule has 3 atom stereocenters. The highest BCUT2D eigenvalue weighted by atomic mass is 79.9. The Morgan fingerprint density at radius 3 is 2.82 bits per heavy atom. The minimum Gasteiger partial charge on any atom is -0.378 e. The summed E-state index contributed by atoms with van der Waals surface area (Å²) in [6, 6.07) is 2.47. The van der Waals surface area contributed by atoms with Gasteiger partial charge < -0.3 is 5.32 Å². The van der Waals surface area contributed by atoms with Crippen molar-refractivity contribution in [2.24, 2.45) is 11.8 Å². The lowest BCUT2D eigenvalue weighted by Gasteiger charge is -2.41. The number of rotatable bonds is 2. The molecule has 0 spiro atoms. The van der Waals surface area contributed by atoms with E-state index in [0.29, 0.717) is 16.1 Å². The zero-order valence-electron chi connectivity index (χ0n) is 9.09. The maximum absolute atomic E-state index is 13.6. The number of hydrogen-bond donors (Lipinski definition) is 1. The average Bonchev–Trinajstić information content (AvgIpc) is 2.58. The van der Waals surface area contributed by atoms with Crippen molar-refractivity contribution in [2.75, 3.05) is 5.32 Å². The van der Waals surface area contributed by atoms with Gasteiger partial charge in [-0.1, -0.05) is 12.2 Å². The van der Waals surface area contributed by atoms with Crippen LogP contribution in [0.3, 0.4) is 0 Å². The van der Waals surface area contributed by atoms with Crippen molar-refractivity contribution in [3.63, 3.8) is 0 Å². The predicted octanol–water partition coefficient (Wildman–Crippen LogP) is 4.10. The van der Waals surface area contributed by atoms with Crippen LogP contribution in [0.1, 0.15) is 12.8 Å². The van der Waals surface area contributed by atoms with E-state index in [4.69, 9.17) is 0 Å². The van der Waals surface area contributed by atoms with Gasteiger partial charge in [-0.3, -0.25) is 0 Å². The van der Waals surface area contributed by atoms with Crippen LogP contribution in [0.5, 0.6) is 0 Å². The molecule has 0 saturated heterocycles. The van der Waals surface area contributed by atoms with Gasteiger partial charge in [0.1, 0.15) is 11.6 Å². The van der Waals surface area contributed by atoms with Gasteiger partial charge >= 0.3 is 0 Å². The van der Waals surface area contributed by atoms with Gasteiger partial charge in [-0.2, -0.15) is 0 Å². The van der Waals surface area contributed by atoms with Crippen LogP contribution in [-0.2, 0) is 0 Å². The number of allylic oxidation sites excluding steroid dienone is 1. The Kier molecular flexibility index (Phi) is 2.69. The fourth-order valence-corrected chi connectivity index (χ4v) is 3.27. The second kappa shape index (κ2) is 4.09. The van der Waals surface area contributed by atoms with Crippen molar-refractivity contribution in [1.29, 1.82) is 0 Å². The minimum atomic E-state index is -0.563. The molecule has 0 radical (unpaired) electrons. The normalized spacial score (nSPS) is 29.9. The van der Waals surface area contributed by atoms with E-state index in [0.717, 1.165) is 24.8 Å². The van der Waals surface area contributed by atoms with Crippen molar-refractivity contribution < 1.29 is 8.78 Å². The van der Waals surface area contributed by atoms with Crippen molar-refractivity contribution in [1.82, 2.24) is 0 Å². The lowest BCUT2D eigenvalue weighted by molar-refractivity contribution is 0.217. The summed E-state index contributed by atoms with van der Waals surface area (Å²) >= 11 is 3.19. The van der Waals surface area contributed by atoms with Crippen LogP contribution in [0.25, 0.3) is 0 Å². The van der Waals surface area contributed by atoms with E-state index in [1.807, 2.05) is 0 Å². The largest absolute Gasteiger partial charge is 0.378 e. The molecule has 0 heterocycles. The Bertz CT molecular complexity index is 463. The smallest absolute Gasteiger partial charge is 0.150 e. The standard InChI is InChI=1S/C13H12BrF2N/c14-10-5-8(15)6-11(16)13(10)17-12-4-7-2-1-3-9(7)12/h1,3,5-7,9,12,17H,2,4H2. The number of nitrogens with one attached hydrogen (secondary N) is 1. The summed E-state index contributed by atoms with van der Waals surface area (Å²) in [5.74, 6) is 0.121. The Morgan fingerprint density at radius 2 is 2.12 bits per heavy atom. The van der Waals surface area contributed by atoms with E-state index in [-0.39, 0.29) is 6.04 Å². The first-order valence-corrected chi connectivity index (χ1v) is 6.52. The van der Waals surface area contributed by atoms with E-state index in [1.54, 1.807) is 0 Å². The summed E-state index contributed by atoms with van der Waals surface area (Å²) in [6.07, 6.45) is 6.57. The van der Waals surface area contributed by atoms with Crippen LogP contribution in [0, 0.1) is 23.5 Å². The predicted molar refractivity (Wildman–Crippen MR) is 66.8 cm³/mol. The van der Waals surface area contributed by atoms with E-state index in [9.17, 15) is 8.78 Å². The lowest BCUT2D eigenvalue weighted by Crippen LogP contribution is -2.43. The summed E-state index contributed by atoms with van der Waals surface area (Å²) < 4.78 is 27.0. The molecule has 0 amide bonds. The highest BCUT2D eigenvalue weighted by Gasteiger charge is 2.41. The highest BCUT2D eigenvalue weighted by molar-refractivity contribution is 9.10. The fourth-order valence-electron chi connectivity index (χ4n) is 2.75. The molecule has 1 aromatic rings. The maximum Gasteiger partial charge on any atom is 0.150 e. The molecule has 1 nitrogen and oxygen atoms in total. The molecule has 1 saturated carbocycles. The van der Waals surface area contributed by atoms with Crippen molar-refractivity contribution in [3.05, 3.63) is 40.4 Å². The van der Waals surface area contributed by atoms with Crippen molar-refractivity contribution >= 4 is 21.6 Å². The third-order valence-corrected chi connectivity index (χ3v) is 4.32. The fraction of sp³-hybridized carbons (Fsp3) is 0.385. The molecule has 0 aromatic heterocycles. The quantitative estimate of drug-likeness (QED) is 0.811. The number of fused-ring (bicyclic) bond motifs is 1. The Morgan fingerprint density at radius 1 is 1.29 bits per heavy atom. The Balaban J connectivity index is 1.79. The number of hydrogen-bond acceptors (Lipinski definition) is 1. The zero-order chi connectivity index (χ0) is 12.0. The SMILES string of the molecule is Fc1cc(F)c(NC2CC3CC=CC32)c(Br)c1. The van der Waals surface area contributed by atoms with E-state index < -0.39 is 11.6 Å². The van der Waals surface area contributed by atoms with Gasteiger partial charge in [0, 0.05) is 22.5 Å². The molecular formula is C13H12BrF2N. The molecule has 0 bridgehead atoms. The number of anilines is 1. The number of benzene rings is 1. The molecule has 0 aliphatic heterocycles. The third kappa shape index (κ3) is 1.88. The molecular weight excluding hydrogens is 288 g/mol. The van der Waals surface area contributed by atoms with Gasteiger partial charge in [0.25, 0.3) is 0 Å². The van der Waals surface area contributed by atoms with Crippen LogP contribution >= 0.6 is 15.9 Å². The monoisotopic (exact) mass is 299 g/mol. The van der Waals surface area contributed by atoms with E-state index >= 15 is 0 Å². The van der Waals surface area contributed by atoms with E-state index in [1.165, 1.54) is 6.07 Å². The molecule has 2 aliphatic carbocycles. The first-order chi connectivity index (χ1) is 8.15. The molecule has 90 valence electrons. The number of halogens is 3. The van der Waals surface area contributed by atoms with Gasteiger partial charge in [-0.15, -0.1) is 0 Å². The Hall–Kier alpha value is -0.900. The first kappa shape index (κ1) is 11.2. The lowest BCUT2D eigenvalue weighted by atomic mass is 9.71. The first-order valence-electron chi connectivity index (χ1n) is 5.73. The molecule has 1 N–H and O–H groups in total. The van der Waals surface area contributed by atoms with E-state index in [2.05, 4.69) is 33.4 Å². The minimum absolute atomic E-state index is 0.273. The maximum atomic E-state index is 13.6. The van der Waals surface area contributed by atoms with Crippen LogP contribution in [0.4, 0.5) is 14.5 Å². The second-order valence-corrected chi connectivity index (χ2v) is 5.59. The van der Waals surface area contributed by atoms with Gasteiger partial charge in [0.15, 0.2) is 0 Å². The molecule has 1 fully saturated rings. The van der Waals surface area contributed by atoms with Crippen LogP contribution in [0.2, 0.25) is 0 Å². The molecule has 3 rings (SSSR count). The van der Waals surface area contributed by atoms with Crippen LogP contribution in [0.15, 0.2) is 28.8 Å². The summed E-state index contributed by atoms with van der Waals surface area (Å²) in [6.45, 7) is 0. The summed E-state index contributed by atoms with van der Waals surface area (Å²) in [4.78, 5) is 0. The van der Waals surface area contributed by atoms with Gasteiger partial charge in [-0.05, 0) is 40.8 Å². The second-order valence-electron chi connectivity index (χ2n) is 4.73. The topological polar surface area (TPSA) is 12.0 Å². The molecule has 17 heavy (non-hydrogen) atoms.